The van der Waals surface area contributed by atoms with Crippen LogP contribution in [0.4, 0.5) is 0 Å². The molecule has 0 radical (unpaired) electrons. The second-order valence-corrected chi connectivity index (χ2v) is 10.5. The molecule has 5 rings (SSSR count). The minimum Gasteiger partial charge on any atom is -0.465 e. The molecular weight excluding hydrogens is 472 g/mol. The van der Waals surface area contributed by atoms with Crippen molar-refractivity contribution < 1.29 is 23.8 Å². The molecule has 1 aromatic carbocycles. The summed E-state index contributed by atoms with van der Waals surface area (Å²) in [4.78, 5) is 33.3. The van der Waals surface area contributed by atoms with Gasteiger partial charge in [0.1, 0.15) is 11.5 Å². The average Bonchev–Trinajstić information content (AvgIpc) is 3.55. The number of thiophene rings is 2. The van der Waals surface area contributed by atoms with E-state index in [1.54, 1.807) is 19.4 Å². The predicted molar refractivity (Wildman–Crippen MR) is 134 cm³/mol. The number of hydrogen-bond donors (Lipinski definition) is 0. The Morgan fingerprint density at radius 1 is 1.18 bits per heavy atom. The number of carbonyl (C=O) groups excluding carboxylic acids is 2. The minimum absolute atomic E-state index is 0.0133. The lowest BCUT2D eigenvalue weighted by Crippen LogP contribution is -2.37. The first kappa shape index (κ1) is 22.8. The van der Waals surface area contributed by atoms with Crippen LogP contribution in [0.1, 0.15) is 37.7 Å². The highest BCUT2D eigenvalue weighted by Crippen LogP contribution is 2.39. The summed E-state index contributed by atoms with van der Waals surface area (Å²) in [6.07, 6.45) is 3.63. The lowest BCUT2D eigenvalue weighted by Gasteiger charge is -2.23. The van der Waals surface area contributed by atoms with Crippen molar-refractivity contribution in [3.05, 3.63) is 51.8 Å². The first-order valence-corrected chi connectivity index (χ1v) is 12.6. The van der Waals surface area contributed by atoms with Crippen molar-refractivity contribution in [3.63, 3.8) is 0 Å². The van der Waals surface area contributed by atoms with Gasteiger partial charge in [0, 0.05) is 40.9 Å². The van der Waals surface area contributed by atoms with E-state index >= 15 is 0 Å². The van der Waals surface area contributed by atoms with Crippen molar-refractivity contribution in [2.75, 3.05) is 27.4 Å². The average molecular weight is 497 g/mol. The molecule has 7 nitrogen and oxygen atoms in total. The number of benzene rings is 1. The molecule has 0 bridgehead atoms. The molecule has 4 heterocycles. The van der Waals surface area contributed by atoms with E-state index in [-0.39, 0.29) is 17.9 Å². The second-order valence-electron chi connectivity index (χ2n) is 8.17. The zero-order valence-electron chi connectivity index (χ0n) is 19.1. The van der Waals surface area contributed by atoms with Gasteiger partial charge in [-0.1, -0.05) is 0 Å². The number of rotatable bonds is 6. The number of hydrogen-bond acceptors (Lipinski definition) is 8. The third-order valence-corrected chi connectivity index (χ3v) is 8.23. The smallest absolute Gasteiger partial charge is 0.339 e. The maximum atomic E-state index is 13.2. The van der Waals surface area contributed by atoms with Crippen LogP contribution in [0, 0.1) is 6.92 Å². The number of fused-ring (bicyclic) bond motifs is 2. The van der Waals surface area contributed by atoms with E-state index < -0.39 is 0 Å². The maximum absolute atomic E-state index is 13.2. The van der Waals surface area contributed by atoms with Crippen molar-refractivity contribution in [2.45, 2.75) is 25.8 Å². The standard InChI is InChI=1S/C25H24N2O5S2/c1-14-22(25(29)31-3)17-7-6-16(11-20(17)33-14)32-19-8-9-26-18-12-21(34-23(18)19)24(28)27-10-4-5-15(27)13-30-2/h6-9,11-12,15H,4-5,10,13H2,1-3H3/t15-/m0/s1. The molecule has 1 saturated heterocycles. The lowest BCUT2D eigenvalue weighted by molar-refractivity contribution is 0.0601. The summed E-state index contributed by atoms with van der Waals surface area (Å²) in [6.45, 7) is 3.20. The number of nitrogens with zero attached hydrogens (tertiary/aromatic N) is 2. The molecule has 1 aliphatic rings. The summed E-state index contributed by atoms with van der Waals surface area (Å²) < 4.78 is 18.2. The van der Waals surface area contributed by atoms with Gasteiger partial charge in [0.25, 0.3) is 5.91 Å². The third-order valence-electron chi connectivity index (χ3n) is 6.04. The van der Waals surface area contributed by atoms with E-state index in [1.165, 1.54) is 29.8 Å². The third kappa shape index (κ3) is 4.04. The molecule has 34 heavy (non-hydrogen) atoms. The maximum Gasteiger partial charge on any atom is 0.339 e. The van der Waals surface area contributed by atoms with Crippen molar-refractivity contribution >= 4 is 54.9 Å². The molecular formula is C25H24N2O5S2. The van der Waals surface area contributed by atoms with E-state index in [0.717, 1.165) is 44.6 Å². The number of aryl methyl sites for hydroxylation is 1. The molecule has 3 aromatic heterocycles. The van der Waals surface area contributed by atoms with Gasteiger partial charge in [0.15, 0.2) is 0 Å². The number of pyridine rings is 1. The fourth-order valence-electron chi connectivity index (χ4n) is 4.46. The summed E-state index contributed by atoms with van der Waals surface area (Å²) in [6, 6.07) is 9.40. The molecule has 9 heteroatoms. The first-order valence-electron chi connectivity index (χ1n) is 11.0. The van der Waals surface area contributed by atoms with Crippen molar-refractivity contribution in [3.8, 4) is 11.5 Å². The summed E-state index contributed by atoms with van der Waals surface area (Å²) in [5.41, 5.74) is 1.32. The van der Waals surface area contributed by atoms with Gasteiger partial charge in [-0.2, -0.15) is 0 Å². The van der Waals surface area contributed by atoms with Gasteiger partial charge >= 0.3 is 5.97 Å². The van der Waals surface area contributed by atoms with Crippen LogP contribution in [0.2, 0.25) is 0 Å². The largest absolute Gasteiger partial charge is 0.465 e. The van der Waals surface area contributed by atoms with E-state index in [2.05, 4.69) is 4.98 Å². The second kappa shape index (κ2) is 9.32. The van der Waals surface area contributed by atoms with E-state index in [4.69, 9.17) is 14.2 Å². The Bertz CT molecular complexity index is 1390. The Morgan fingerprint density at radius 2 is 2.03 bits per heavy atom. The Balaban J connectivity index is 1.45. The van der Waals surface area contributed by atoms with Crippen LogP contribution >= 0.6 is 22.7 Å². The Hall–Kier alpha value is -3.01. The molecule has 1 atom stereocenters. The van der Waals surface area contributed by atoms with Crippen molar-refractivity contribution in [2.24, 2.45) is 0 Å². The molecule has 1 amide bonds. The van der Waals surface area contributed by atoms with Gasteiger partial charge in [-0.25, -0.2) is 4.79 Å². The van der Waals surface area contributed by atoms with Crippen LogP contribution in [0.15, 0.2) is 36.5 Å². The minimum atomic E-state index is -0.338. The van der Waals surface area contributed by atoms with Gasteiger partial charge < -0.3 is 19.1 Å². The summed E-state index contributed by atoms with van der Waals surface area (Å²) >= 11 is 2.92. The van der Waals surface area contributed by atoms with Gasteiger partial charge in [-0.05, 0) is 44.0 Å². The molecule has 1 aliphatic heterocycles. The Labute approximate surface area is 204 Å². The van der Waals surface area contributed by atoms with E-state index in [0.29, 0.717) is 28.5 Å². The molecule has 176 valence electrons. The lowest BCUT2D eigenvalue weighted by atomic mass is 10.1. The van der Waals surface area contributed by atoms with E-state index in [9.17, 15) is 9.59 Å². The zero-order chi connectivity index (χ0) is 23.8. The molecule has 0 aliphatic carbocycles. The molecule has 0 N–H and O–H groups in total. The highest BCUT2D eigenvalue weighted by Gasteiger charge is 2.30. The highest BCUT2D eigenvalue weighted by molar-refractivity contribution is 7.21. The first-order chi connectivity index (χ1) is 16.5. The molecule has 1 fully saturated rings. The fourth-order valence-corrected chi connectivity index (χ4v) is 6.56. The van der Waals surface area contributed by atoms with E-state index in [1.807, 2.05) is 36.1 Å². The van der Waals surface area contributed by atoms with Gasteiger partial charge in [0.05, 0.1) is 40.4 Å². The number of amides is 1. The molecule has 0 spiro atoms. The van der Waals surface area contributed by atoms with Crippen LogP contribution in [0.3, 0.4) is 0 Å². The summed E-state index contributed by atoms with van der Waals surface area (Å²) in [7, 11) is 3.05. The number of carbonyl (C=O) groups is 2. The van der Waals surface area contributed by atoms with Crippen LogP contribution < -0.4 is 4.74 Å². The van der Waals surface area contributed by atoms with Crippen LogP contribution in [0.5, 0.6) is 11.5 Å². The van der Waals surface area contributed by atoms with Crippen LogP contribution in [-0.4, -0.2) is 55.2 Å². The Morgan fingerprint density at radius 3 is 2.82 bits per heavy atom. The highest BCUT2D eigenvalue weighted by atomic mass is 32.1. The normalized spacial score (nSPS) is 15.9. The van der Waals surface area contributed by atoms with Gasteiger partial charge in [-0.15, -0.1) is 22.7 Å². The number of aromatic nitrogens is 1. The SMILES string of the molecule is COC[C@@H]1CCCN1C(=O)c1cc2nccc(Oc3ccc4c(C(=O)OC)c(C)sc4c3)c2s1. The molecule has 4 aromatic rings. The van der Waals surface area contributed by atoms with Crippen molar-refractivity contribution in [1.29, 1.82) is 0 Å². The summed E-state index contributed by atoms with van der Waals surface area (Å²) in [5, 5.41) is 0.849. The van der Waals surface area contributed by atoms with Crippen LogP contribution in [-0.2, 0) is 9.47 Å². The fraction of sp³-hybridized carbons (Fsp3) is 0.320. The topological polar surface area (TPSA) is 78.0 Å². The monoisotopic (exact) mass is 496 g/mol. The predicted octanol–water partition coefficient (Wildman–Crippen LogP) is 5.65. The zero-order valence-corrected chi connectivity index (χ0v) is 20.8. The quantitative estimate of drug-likeness (QED) is 0.321. The number of methoxy groups -OCH3 is 2. The number of esters is 1. The Kier molecular flexibility index (Phi) is 6.24. The number of likely N-dealkylation sites (tertiary alicyclic amines) is 1. The van der Waals surface area contributed by atoms with Gasteiger partial charge in [-0.3, -0.25) is 9.78 Å². The van der Waals surface area contributed by atoms with Gasteiger partial charge in [0.2, 0.25) is 0 Å². The molecule has 0 saturated carbocycles. The molecule has 0 unspecified atom stereocenters. The number of ether oxygens (including phenoxy) is 3. The van der Waals surface area contributed by atoms with Crippen LogP contribution in [0.25, 0.3) is 20.3 Å². The van der Waals surface area contributed by atoms with Crippen molar-refractivity contribution in [1.82, 2.24) is 9.88 Å². The summed E-state index contributed by atoms with van der Waals surface area (Å²) in [5.74, 6) is 0.970.